The largest absolute Gasteiger partial charge is 0.396 e. The van der Waals surface area contributed by atoms with Crippen molar-refractivity contribution < 1.29 is 86.9 Å². The van der Waals surface area contributed by atoms with Gasteiger partial charge in [-0.1, -0.05) is 125 Å². The zero-order valence-corrected chi connectivity index (χ0v) is 79.0. The number of nitrogens with zero attached hydrogens (tertiary/aromatic N) is 3. The molecule has 27 N–H and O–H groups in total. The van der Waals surface area contributed by atoms with E-state index in [0.717, 1.165) is 19.3 Å². The Balaban J connectivity index is 2.40. The maximum Gasteiger partial charge on any atom is 0.240 e. The minimum Gasteiger partial charge on any atom is -0.396 e. The first-order valence-corrected chi connectivity index (χ1v) is 47.9. The normalized spacial score (nSPS) is 14.4. The number of ketones is 7. The monoisotopic (exact) mass is 1850 g/mol. The molecule has 742 valence electrons. The number of aromatic amines is 2. The summed E-state index contributed by atoms with van der Waals surface area (Å²) in [5.74, 6) is -18.5. The van der Waals surface area contributed by atoms with Crippen molar-refractivity contribution in [2.24, 2.45) is 98.2 Å². The average Bonchev–Trinajstić information content (AvgIpc) is 1.75. The fourth-order valence-corrected chi connectivity index (χ4v) is 15.7. The third-order valence-corrected chi connectivity index (χ3v) is 23.5. The van der Waals surface area contributed by atoms with Gasteiger partial charge < -0.3 is 103 Å². The number of hydrogen-bond donors (Lipinski definition) is 19. The van der Waals surface area contributed by atoms with Gasteiger partial charge in [-0.15, -0.1) is 0 Å². The zero-order valence-electron chi connectivity index (χ0n) is 79.0. The molecule has 9 amide bonds. The number of nitrogens with two attached hydrogens (primary N) is 8. The number of aliphatic hydroxyl groups excluding tert-OH is 2. The quantitative estimate of drug-likeness (QED) is 0.0253. The van der Waals surface area contributed by atoms with Crippen LogP contribution in [-0.2, 0) is 89.6 Å². The summed E-state index contributed by atoms with van der Waals surface area (Å²) in [4.78, 5) is 242. The number of aliphatic hydroxyl groups is 2. The van der Waals surface area contributed by atoms with Crippen LogP contribution in [0.3, 0.4) is 0 Å². The first-order valence-electron chi connectivity index (χ1n) is 47.9. The Labute approximate surface area is 774 Å². The van der Waals surface area contributed by atoms with E-state index in [2.05, 4.69) is 69.1 Å². The van der Waals surface area contributed by atoms with Gasteiger partial charge in [-0.2, -0.15) is 0 Å². The van der Waals surface area contributed by atoms with Gasteiger partial charge in [-0.05, 0) is 147 Å². The van der Waals surface area contributed by atoms with Crippen LogP contribution in [0.4, 0.5) is 0 Å². The van der Waals surface area contributed by atoms with Crippen LogP contribution in [0.2, 0.25) is 0 Å². The highest BCUT2D eigenvalue weighted by Gasteiger charge is 2.38. The Morgan fingerprint density at radius 2 is 0.718 bits per heavy atom. The van der Waals surface area contributed by atoms with Crippen molar-refractivity contribution in [3.63, 3.8) is 0 Å². The molecule has 0 aliphatic rings. The number of imidazole rings is 2. The highest BCUT2D eigenvalue weighted by Crippen LogP contribution is 2.25. The van der Waals surface area contributed by atoms with Crippen LogP contribution in [0.5, 0.6) is 0 Å². The molecule has 0 saturated heterocycles. The Kier molecular flexibility index (Phi) is 62.1. The van der Waals surface area contributed by atoms with Crippen molar-refractivity contribution in [1.82, 2.24) is 57.2 Å². The second-order valence-electron chi connectivity index (χ2n) is 36.1. The van der Waals surface area contributed by atoms with Gasteiger partial charge in [0.1, 0.15) is 11.8 Å². The number of hydrogen-bond acceptors (Lipinski definition) is 25. The zero-order chi connectivity index (χ0) is 97.6. The minimum atomic E-state index is -1.53. The fourth-order valence-electron chi connectivity index (χ4n) is 15.7. The molecule has 0 bridgehead atoms. The molecule has 2 aromatic rings. The van der Waals surface area contributed by atoms with E-state index in [9.17, 15) is 86.9 Å². The maximum atomic E-state index is 14.8. The topological polar surface area (TPSA) is 676 Å². The molecule has 0 spiro atoms. The maximum absolute atomic E-state index is 14.8. The number of amides is 9. The fraction of sp³-hybridized carbons (Fsp3) is 0.753. The van der Waals surface area contributed by atoms with Crippen LogP contribution in [0.1, 0.15) is 310 Å². The minimum absolute atomic E-state index is 0.00119. The van der Waals surface area contributed by atoms with Crippen molar-refractivity contribution in [3.8, 4) is 0 Å². The number of aliphatic imine (C=N–C) groups is 1. The number of nitrogens with one attached hydrogen (secondary N) is 9. The standard InChI is InChI=1S/C93H162N20O18/c1-7-8-9-10-11-12-13-14-15-16-17-18-19-31-70(116)47-63(29-20-24-39-94)88(127)111-74(44-60(2)3)82(121)50-67(57-115)92(131)112-76(53-69-55-103-59-106-69)83(122)51-66(56-114)91(130)108-71(32-21-25-40-95)78(117)36-38-85(124)107-75(52-68-54-102-58-105-68)81(120)49-65(35-37-84(98)123)90(129)110-73(34-23-27-42-97)80(119)48-64(30-28-43-104-93(100)101)89(128)109-72(33-22-26-41-96)79(118)46-62(6)87(126)113-77(86(99)125)45-61(4)5/h54-55,58-67,71-77,114-115H,7-53,56-57,94-97H2,1-6H3,(H2,98,123)(H2,99,125)(H,102,105)(H,103,106)(H,107,124)(H,108,130)(H,109,128)(H,110,129)(H,111,127)(H,112,131)(H,113,126)(H4,100,101,104)/t62-,63-,64-,65-,66+,67+,71+,72+,73+,74+,75+,76+,77+/m1/s1. The van der Waals surface area contributed by atoms with Crippen molar-refractivity contribution >= 4 is 99.6 Å². The molecule has 2 rings (SSSR count). The average molecular weight is 1850 g/mol. The number of H-pyrrole nitrogens is 2. The van der Waals surface area contributed by atoms with Gasteiger partial charge in [-0.25, -0.2) is 9.97 Å². The van der Waals surface area contributed by atoms with Crippen LogP contribution < -0.4 is 83.1 Å². The van der Waals surface area contributed by atoms with Gasteiger partial charge >= 0.3 is 0 Å². The molecule has 0 saturated carbocycles. The molecule has 0 aliphatic heterocycles. The lowest BCUT2D eigenvalue weighted by Crippen LogP contribution is -2.50. The molecule has 0 fully saturated rings. The van der Waals surface area contributed by atoms with Crippen molar-refractivity contribution in [2.75, 3.05) is 45.9 Å². The van der Waals surface area contributed by atoms with Gasteiger partial charge in [0.15, 0.2) is 40.7 Å². The van der Waals surface area contributed by atoms with Crippen LogP contribution >= 0.6 is 0 Å². The van der Waals surface area contributed by atoms with Crippen LogP contribution in [0.15, 0.2) is 30.0 Å². The summed E-state index contributed by atoms with van der Waals surface area (Å²) >= 11 is 0. The van der Waals surface area contributed by atoms with E-state index in [1.165, 1.54) is 89.8 Å². The summed E-state index contributed by atoms with van der Waals surface area (Å²) in [6.07, 6.45) is 20.2. The summed E-state index contributed by atoms with van der Waals surface area (Å²) < 4.78 is 0. The highest BCUT2D eigenvalue weighted by atomic mass is 16.3. The molecule has 0 aliphatic carbocycles. The summed E-state index contributed by atoms with van der Waals surface area (Å²) in [6, 6.07) is -8.77. The van der Waals surface area contributed by atoms with E-state index < -0.39 is 224 Å². The van der Waals surface area contributed by atoms with Crippen LogP contribution in [0.25, 0.3) is 0 Å². The van der Waals surface area contributed by atoms with E-state index >= 15 is 0 Å². The number of aromatic nitrogens is 4. The predicted octanol–water partition coefficient (Wildman–Crippen LogP) is 4.01. The lowest BCUT2D eigenvalue weighted by Gasteiger charge is -2.26. The number of carbonyl (C=O) groups excluding carboxylic acids is 16. The number of unbranched alkanes of at least 4 members (excludes halogenated alkanes) is 16. The van der Waals surface area contributed by atoms with E-state index in [0.29, 0.717) is 82.1 Å². The third-order valence-electron chi connectivity index (χ3n) is 23.5. The number of guanidine groups is 1. The first kappa shape index (κ1) is 117. The van der Waals surface area contributed by atoms with E-state index in [4.69, 9.17) is 45.9 Å². The number of primary amides is 2. The molecule has 2 heterocycles. The summed E-state index contributed by atoms with van der Waals surface area (Å²) in [5.41, 5.74) is 46.5. The van der Waals surface area contributed by atoms with Crippen LogP contribution in [0, 0.1) is 47.3 Å². The van der Waals surface area contributed by atoms with Crippen LogP contribution in [-0.4, -0.2) is 218 Å². The summed E-state index contributed by atoms with van der Waals surface area (Å²) in [5, 5.41) is 40.5. The van der Waals surface area contributed by atoms with Crippen molar-refractivity contribution in [1.29, 1.82) is 0 Å². The molecule has 2 aromatic heterocycles. The SMILES string of the molecule is CCCCCCCCCCCCCCCC(=O)C[C@@H](CCCCN)C(=O)N[C@@H](CC(C)C)C(=O)C[C@@H](CO)C(=O)N[C@@H](Cc1cnc[nH]1)C(=O)C[C@@H](CO)C(=O)N[C@@H](CCCCN)C(=O)CCC(=O)N[C@@H](Cc1cnc[nH]1)C(=O)C[C@@H](CCC(N)=O)C(=O)N[C@@H](CCCCN)C(=O)C[C@@H](CCCN=C(N)N)C(=O)N[C@@H](CCCCN)C(=O)C[C@@H](C)C(=O)N[C@@H](CC(C)C)C(N)=O. The van der Waals surface area contributed by atoms with Gasteiger partial charge in [0, 0.05) is 131 Å². The Morgan fingerprint density at radius 1 is 0.359 bits per heavy atom. The lowest BCUT2D eigenvalue weighted by molar-refractivity contribution is -0.137. The lowest BCUT2D eigenvalue weighted by atomic mass is 9.89. The predicted molar refractivity (Wildman–Crippen MR) is 499 cm³/mol. The summed E-state index contributed by atoms with van der Waals surface area (Å²) in [6.45, 7) is 10.4. The molecular weight excluding hydrogens is 1690 g/mol. The molecule has 13 atom stereocenters. The highest BCUT2D eigenvalue weighted by molar-refractivity contribution is 6.00. The van der Waals surface area contributed by atoms with Gasteiger partial charge in [0.05, 0.1) is 74.0 Å². The molecular formula is C93H162N20O18. The number of rotatable bonds is 82. The first-order chi connectivity index (χ1) is 62.5. The molecule has 0 unspecified atom stereocenters. The molecule has 131 heavy (non-hydrogen) atoms. The Morgan fingerprint density at radius 3 is 1.14 bits per heavy atom. The second kappa shape index (κ2) is 69.3. The van der Waals surface area contributed by atoms with E-state index in [1.807, 2.05) is 27.7 Å². The molecule has 38 heteroatoms. The molecule has 38 nitrogen and oxygen atoms in total. The number of Topliss-reactive ketones (excluding diaryl/α,β-unsaturated/α-hetero) is 7. The molecule has 0 aromatic carbocycles. The Bertz CT molecular complexity index is 3770. The Hall–Kier alpha value is -9.63. The smallest absolute Gasteiger partial charge is 0.240 e. The van der Waals surface area contributed by atoms with Crippen molar-refractivity contribution in [2.45, 2.75) is 354 Å². The van der Waals surface area contributed by atoms with Gasteiger partial charge in [0.2, 0.25) is 53.2 Å². The summed E-state index contributed by atoms with van der Waals surface area (Å²) in [7, 11) is 0. The third kappa shape index (κ3) is 51.8. The molecule has 0 radical (unpaired) electrons. The number of carbonyl (C=O) groups is 16. The van der Waals surface area contributed by atoms with E-state index in [1.54, 1.807) is 0 Å². The van der Waals surface area contributed by atoms with Crippen molar-refractivity contribution in [3.05, 3.63) is 36.4 Å². The van der Waals surface area contributed by atoms with Gasteiger partial charge in [0.25, 0.3) is 0 Å². The second-order valence-corrected chi connectivity index (χ2v) is 36.1. The van der Waals surface area contributed by atoms with Gasteiger partial charge in [-0.3, -0.25) is 81.7 Å². The van der Waals surface area contributed by atoms with E-state index in [-0.39, 0.29) is 133 Å².